The third-order valence-electron chi connectivity index (χ3n) is 4.46. The Labute approximate surface area is 155 Å². The minimum absolute atomic E-state index is 0.0626. The molecular formula is C19H19N3O3S. The second kappa shape index (κ2) is 7.29. The molecule has 1 aromatic carbocycles. The number of carbonyl (C=O) groups is 1. The zero-order valence-corrected chi connectivity index (χ0v) is 15.3. The second-order valence-electron chi connectivity index (χ2n) is 6.13. The fourth-order valence-corrected chi connectivity index (χ4v) is 4.36. The van der Waals surface area contributed by atoms with Gasteiger partial charge in [0.2, 0.25) is 5.88 Å². The van der Waals surface area contributed by atoms with Gasteiger partial charge in [-0.1, -0.05) is 12.1 Å². The summed E-state index contributed by atoms with van der Waals surface area (Å²) in [6.07, 6.45) is 4.78. The molecule has 0 saturated heterocycles. The molecule has 26 heavy (non-hydrogen) atoms. The molecule has 4 rings (SSSR count). The lowest BCUT2D eigenvalue weighted by Gasteiger charge is -2.08. The Morgan fingerprint density at radius 1 is 1.23 bits per heavy atom. The van der Waals surface area contributed by atoms with Crippen molar-refractivity contribution in [2.75, 3.05) is 13.7 Å². The third-order valence-corrected chi connectivity index (χ3v) is 5.66. The van der Waals surface area contributed by atoms with E-state index in [4.69, 9.17) is 9.47 Å². The summed E-state index contributed by atoms with van der Waals surface area (Å²) in [6.45, 7) is 0.381. The fraction of sp³-hybridized carbons (Fsp3) is 0.316. The fourth-order valence-electron chi connectivity index (χ4n) is 3.14. The SMILES string of the molecule is COc1ccc(CNC(=O)COc2ncnc3sc4c(c23)CCC4)cc1. The lowest BCUT2D eigenvalue weighted by molar-refractivity contribution is -0.123. The number of rotatable bonds is 6. The first-order valence-corrected chi connectivity index (χ1v) is 9.34. The highest BCUT2D eigenvalue weighted by Crippen LogP contribution is 2.39. The first-order chi connectivity index (χ1) is 12.7. The molecule has 0 atom stereocenters. The maximum absolute atomic E-state index is 12.1. The summed E-state index contributed by atoms with van der Waals surface area (Å²) < 4.78 is 10.8. The van der Waals surface area contributed by atoms with Crippen LogP contribution in [0.2, 0.25) is 0 Å². The van der Waals surface area contributed by atoms with Crippen LogP contribution in [0.4, 0.5) is 0 Å². The monoisotopic (exact) mass is 369 g/mol. The number of amides is 1. The lowest BCUT2D eigenvalue weighted by atomic mass is 10.2. The Bertz CT molecular complexity index is 937. The Kier molecular flexibility index (Phi) is 4.71. The average Bonchev–Trinajstić information content (AvgIpc) is 3.26. The van der Waals surface area contributed by atoms with Crippen molar-refractivity contribution >= 4 is 27.5 Å². The third kappa shape index (κ3) is 3.35. The molecule has 7 heteroatoms. The van der Waals surface area contributed by atoms with E-state index >= 15 is 0 Å². The maximum Gasteiger partial charge on any atom is 0.258 e. The first kappa shape index (κ1) is 16.8. The van der Waals surface area contributed by atoms with Crippen LogP contribution < -0.4 is 14.8 Å². The van der Waals surface area contributed by atoms with Crippen LogP contribution in [0.3, 0.4) is 0 Å². The zero-order chi connectivity index (χ0) is 17.9. The standard InChI is InChI=1S/C19H19N3O3S/c1-24-13-7-5-12(6-8-13)9-20-16(23)10-25-18-17-14-3-2-4-15(14)26-19(17)22-11-21-18/h5-8,11H,2-4,9-10H2,1H3,(H,20,23). The van der Waals surface area contributed by atoms with Crippen molar-refractivity contribution in [3.05, 3.63) is 46.6 Å². The van der Waals surface area contributed by atoms with Gasteiger partial charge in [-0.3, -0.25) is 4.79 Å². The summed E-state index contributed by atoms with van der Waals surface area (Å²) in [5.74, 6) is 1.12. The molecule has 0 radical (unpaired) electrons. The molecule has 0 fully saturated rings. The summed E-state index contributed by atoms with van der Waals surface area (Å²) in [7, 11) is 1.63. The molecule has 2 aromatic heterocycles. The first-order valence-electron chi connectivity index (χ1n) is 8.52. The molecule has 134 valence electrons. The Morgan fingerprint density at radius 2 is 2.08 bits per heavy atom. The number of hydrogen-bond acceptors (Lipinski definition) is 6. The van der Waals surface area contributed by atoms with Gasteiger partial charge in [-0.2, -0.15) is 0 Å². The van der Waals surface area contributed by atoms with Crippen molar-refractivity contribution < 1.29 is 14.3 Å². The molecule has 0 spiro atoms. The summed E-state index contributed by atoms with van der Waals surface area (Å²) in [6, 6.07) is 7.57. The highest BCUT2D eigenvalue weighted by Gasteiger charge is 2.22. The average molecular weight is 369 g/mol. The number of methoxy groups -OCH3 is 1. The van der Waals surface area contributed by atoms with Crippen molar-refractivity contribution in [2.45, 2.75) is 25.8 Å². The number of fused-ring (bicyclic) bond motifs is 3. The number of aromatic nitrogens is 2. The van der Waals surface area contributed by atoms with Gasteiger partial charge in [-0.15, -0.1) is 11.3 Å². The largest absolute Gasteiger partial charge is 0.497 e. The molecule has 0 unspecified atom stereocenters. The van der Waals surface area contributed by atoms with Crippen LogP contribution in [0.1, 0.15) is 22.4 Å². The van der Waals surface area contributed by atoms with Gasteiger partial charge in [0, 0.05) is 11.4 Å². The van der Waals surface area contributed by atoms with Crippen LogP contribution in [-0.2, 0) is 24.2 Å². The number of aryl methyl sites for hydroxylation is 2. The Morgan fingerprint density at radius 3 is 2.88 bits per heavy atom. The molecular weight excluding hydrogens is 350 g/mol. The van der Waals surface area contributed by atoms with Gasteiger partial charge in [0.15, 0.2) is 6.61 Å². The van der Waals surface area contributed by atoms with Gasteiger partial charge in [-0.25, -0.2) is 9.97 Å². The summed E-state index contributed by atoms with van der Waals surface area (Å²) in [5.41, 5.74) is 2.29. The Hall–Kier alpha value is -2.67. The van der Waals surface area contributed by atoms with Crippen LogP contribution in [0.25, 0.3) is 10.2 Å². The summed E-state index contributed by atoms with van der Waals surface area (Å²) in [4.78, 5) is 23.0. The maximum atomic E-state index is 12.1. The predicted octanol–water partition coefficient (Wildman–Crippen LogP) is 2.88. The van der Waals surface area contributed by atoms with E-state index in [-0.39, 0.29) is 12.5 Å². The smallest absolute Gasteiger partial charge is 0.258 e. The lowest BCUT2D eigenvalue weighted by Crippen LogP contribution is -2.28. The van der Waals surface area contributed by atoms with E-state index in [1.165, 1.54) is 16.8 Å². The molecule has 1 amide bonds. The van der Waals surface area contributed by atoms with E-state index in [1.807, 2.05) is 24.3 Å². The van der Waals surface area contributed by atoms with Crippen LogP contribution in [-0.4, -0.2) is 29.6 Å². The van der Waals surface area contributed by atoms with Gasteiger partial charge < -0.3 is 14.8 Å². The zero-order valence-electron chi connectivity index (χ0n) is 14.4. The topological polar surface area (TPSA) is 73.3 Å². The minimum atomic E-state index is -0.181. The van der Waals surface area contributed by atoms with Crippen LogP contribution >= 0.6 is 11.3 Å². The van der Waals surface area contributed by atoms with Gasteiger partial charge >= 0.3 is 0 Å². The van der Waals surface area contributed by atoms with E-state index in [9.17, 15) is 4.79 Å². The van der Waals surface area contributed by atoms with E-state index in [1.54, 1.807) is 18.4 Å². The van der Waals surface area contributed by atoms with Crippen LogP contribution in [0.5, 0.6) is 11.6 Å². The van der Waals surface area contributed by atoms with Crippen LogP contribution in [0, 0.1) is 0 Å². The number of nitrogens with one attached hydrogen (secondary N) is 1. The number of carbonyl (C=O) groups excluding carboxylic acids is 1. The van der Waals surface area contributed by atoms with Gasteiger partial charge in [0.05, 0.1) is 12.5 Å². The molecule has 1 aliphatic carbocycles. The molecule has 6 nitrogen and oxygen atoms in total. The van der Waals surface area contributed by atoms with E-state index < -0.39 is 0 Å². The molecule has 0 bridgehead atoms. The Balaban J connectivity index is 1.38. The van der Waals surface area contributed by atoms with Gasteiger partial charge in [0.1, 0.15) is 16.9 Å². The highest BCUT2D eigenvalue weighted by molar-refractivity contribution is 7.18. The summed E-state index contributed by atoms with van der Waals surface area (Å²) >= 11 is 1.70. The van der Waals surface area contributed by atoms with E-state index in [0.29, 0.717) is 12.4 Å². The molecule has 1 N–H and O–H groups in total. The number of ether oxygens (including phenoxy) is 2. The normalized spacial score (nSPS) is 12.8. The van der Waals surface area contributed by atoms with Crippen molar-refractivity contribution in [1.82, 2.24) is 15.3 Å². The van der Waals surface area contributed by atoms with Crippen molar-refractivity contribution in [3.63, 3.8) is 0 Å². The molecule has 1 aliphatic rings. The van der Waals surface area contributed by atoms with Crippen molar-refractivity contribution in [2.24, 2.45) is 0 Å². The van der Waals surface area contributed by atoms with Gasteiger partial charge in [-0.05, 0) is 42.5 Å². The highest BCUT2D eigenvalue weighted by atomic mass is 32.1. The van der Waals surface area contributed by atoms with Crippen molar-refractivity contribution in [3.8, 4) is 11.6 Å². The van der Waals surface area contributed by atoms with Gasteiger partial charge in [0.25, 0.3) is 5.91 Å². The molecule has 3 aromatic rings. The van der Waals surface area contributed by atoms with Crippen molar-refractivity contribution in [1.29, 1.82) is 0 Å². The second-order valence-corrected chi connectivity index (χ2v) is 7.21. The number of thiophene rings is 1. The van der Waals surface area contributed by atoms with E-state index in [0.717, 1.165) is 40.8 Å². The molecule has 0 aliphatic heterocycles. The predicted molar refractivity (Wildman–Crippen MR) is 99.8 cm³/mol. The van der Waals surface area contributed by atoms with E-state index in [2.05, 4.69) is 15.3 Å². The minimum Gasteiger partial charge on any atom is -0.497 e. The molecule has 0 saturated carbocycles. The van der Waals surface area contributed by atoms with Crippen LogP contribution in [0.15, 0.2) is 30.6 Å². The number of nitrogens with zero attached hydrogens (tertiary/aromatic N) is 2. The molecule has 2 heterocycles. The summed E-state index contributed by atoms with van der Waals surface area (Å²) in [5, 5.41) is 3.83. The quantitative estimate of drug-likeness (QED) is 0.723. The number of hydrogen-bond donors (Lipinski definition) is 1. The number of benzene rings is 1.